The summed E-state index contributed by atoms with van der Waals surface area (Å²) in [6.45, 7) is 4.02. The van der Waals surface area contributed by atoms with Crippen LogP contribution in [0.4, 0.5) is 5.69 Å². The van der Waals surface area contributed by atoms with Gasteiger partial charge in [0.15, 0.2) is 0 Å². The van der Waals surface area contributed by atoms with E-state index in [1.165, 1.54) is 12.1 Å². The zero-order valence-electron chi connectivity index (χ0n) is 11.2. The number of rotatable bonds is 5. The fraction of sp³-hybridized carbons (Fsp3) is 0.462. The number of hydrogen-bond acceptors (Lipinski definition) is 3. The van der Waals surface area contributed by atoms with Gasteiger partial charge in [-0.15, -0.1) is 0 Å². The molecule has 0 aromatic heterocycles. The quantitative estimate of drug-likeness (QED) is 0.612. The molecule has 0 saturated carbocycles. The summed E-state index contributed by atoms with van der Waals surface area (Å²) in [6.07, 6.45) is 1.88. The van der Waals surface area contributed by atoms with E-state index in [2.05, 4.69) is 22.9 Å². The molecule has 0 N–H and O–H groups in total. The number of hydrogen-bond donors (Lipinski definition) is 0. The third-order valence-corrected chi connectivity index (χ3v) is 3.93. The van der Waals surface area contributed by atoms with Crippen molar-refractivity contribution in [3.05, 3.63) is 38.3 Å². The third-order valence-electron chi connectivity index (χ3n) is 3.09. The van der Waals surface area contributed by atoms with Gasteiger partial charge < -0.3 is 4.90 Å². The molecule has 0 aliphatic carbocycles. The lowest BCUT2D eigenvalue weighted by Gasteiger charge is -2.25. The molecule has 0 bridgehead atoms. The minimum absolute atomic E-state index is 0.0950. The van der Waals surface area contributed by atoms with Crippen molar-refractivity contribution in [3.8, 4) is 0 Å². The van der Waals surface area contributed by atoms with Gasteiger partial charge in [-0.05, 0) is 35.3 Å². The molecule has 1 rings (SSSR count). The minimum atomic E-state index is -0.504. The van der Waals surface area contributed by atoms with Crippen molar-refractivity contribution in [3.63, 3.8) is 0 Å². The topological polar surface area (TPSA) is 63.5 Å². The van der Waals surface area contributed by atoms with Gasteiger partial charge >= 0.3 is 0 Å². The van der Waals surface area contributed by atoms with E-state index in [0.29, 0.717) is 5.56 Å². The number of carbonyl (C=O) groups is 1. The largest absolute Gasteiger partial charge is 0.339 e. The first kappa shape index (κ1) is 15.6. The summed E-state index contributed by atoms with van der Waals surface area (Å²) in [5.74, 6) is -0.212. The predicted molar refractivity (Wildman–Crippen MR) is 77.3 cm³/mol. The molecule has 104 valence electrons. The molecule has 0 saturated heterocycles. The summed E-state index contributed by atoms with van der Waals surface area (Å²) in [4.78, 5) is 24.3. The fourth-order valence-corrected chi connectivity index (χ4v) is 2.41. The highest BCUT2D eigenvalue weighted by atomic mass is 79.9. The van der Waals surface area contributed by atoms with E-state index in [-0.39, 0.29) is 22.1 Å². The highest BCUT2D eigenvalue weighted by Crippen LogP contribution is 2.29. The van der Waals surface area contributed by atoms with Gasteiger partial charge in [-0.2, -0.15) is 0 Å². The van der Waals surface area contributed by atoms with Crippen molar-refractivity contribution < 1.29 is 9.72 Å². The van der Waals surface area contributed by atoms with Crippen LogP contribution < -0.4 is 0 Å². The van der Waals surface area contributed by atoms with Gasteiger partial charge in [-0.25, -0.2) is 0 Å². The van der Waals surface area contributed by atoms with Crippen LogP contribution in [0.1, 0.15) is 37.0 Å². The first-order valence-corrected chi connectivity index (χ1v) is 6.89. The van der Waals surface area contributed by atoms with Crippen LogP contribution in [-0.2, 0) is 0 Å². The lowest BCUT2D eigenvalue weighted by atomic mass is 10.1. The third kappa shape index (κ3) is 3.53. The van der Waals surface area contributed by atoms with Crippen LogP contribution in [0.5, 0.6) is 0 Å². The van der Waals surface area contributed by atoms with Gasteiger partial charge in [-0.3, -0.25) is 14.9 Å². The maximum absolute atomic E-state index is 12.3. The van der Waals surface area contributed by atoms with E-state index < -0.39 is 4.92 Å². The number of carbonyl (C=O) groups excluding carboxylic acids is 1. The van der Waals surface area contributed by atoms with Crippen LogP contribution in [-0.4, -0.2) is 28.8 Å². The average Bonchev–Trinajstić information content (AvgIpc) is 2.37. The molecule has 1 aromatic carbocycles. The summed E-state index contributed by atoms with van der Waals surface area (Å²) in [6, 6.07) is 4.59. The van der Waals surface area contributed by atoms with Crippen LogP contribution >= 0.6 is 15.9 Å². The Kier molecular flexibility index (Phi) is 5.47. The minimum Gasteiger partial charge on any atom is -0.339 e. The SMILES string of the molecule is CCCC(C)N(C)C(=O)c1cccc([N+](=O)[O-])c1Br. The molecular weight excluding hydrogens is 312 g/mol. The lowest BCUT2D eigenvalue weighted by molar-refractivity contribution is -0.385. The number of amides is 1. The molecular formula is C13H17BrN2O3. The Bertz CT molecular complexity index is 491. The monoisotopic (exact) mass is 328 g/mol. The van der Waals surface area contributed by atoms with Crippen LogP contribution in [0.25, 0.3) is 0 Å². The number of nitro benzene ring substituents is 1. The Morgan fingerprint density at radius 2 is 2.16 bits per heavy atom. The van der Waals surface area contributed by atoms with Crippen molar-refractivity contribution in [2.24, 2.45) is 0 Å². The summed E-state index contributed by atoms with van der Waals surface area (Å²) < 4.78 is 0.237. The van der Waals surface area contributed by atoms with E-state index in [1.807, 2.05) is 6.92 Å². The molecule has 0 aliphatic heterocycles. The van der Waals surface area contributed by atoms with Crippen LogP contribution in [0, 0.1) is 10.1 Å². The molecule has 0 fully saturated rings. The van der Waals surface area contributed by atoms with Crippen molar-refractivity contribution in [2.75, 3.05) is 7.05 Å². The Morgan fingerprint density at radius 3 is 2.68 bits per heavy atom. The first-order chi connectivity index (χ1) is 8.90. The molecule has 0 radical (unpaired) electrons. The van der Waals surface area contributed by atoms with Crippen LogP contribution in [0.15, 0.2) is 22.7 Å². The predicted octanol–water partition coefficient (Wildman–Crippen LogP) is 3.62. The number of benzene rings is 1. The normalized spacial score (nSPS) is 12.0. The molecule has 5 nitrogen and oxygen atoms in total. The molecule has 1 unspecified atom stereocenters. The Morgan fingerprint density at radius 1 is 1.53 bits per heavy atom. The van der Waals surface area contributed by atoms with Crippen LogP contribution in [0.3, 0.4) is 0 Å². The highest BCUT2D eigenvalue weighted by molar-refractivity contribution is 9.10. The van der Waals surface area contributed by atoms with Gasteiger partial charge in [-0.1, -0.05) is 19.4 Å². The number of nitrogens with zero attached hydrogens (tertiary/aromatic N) is 2. The zero-order chi connectivity index (χ0) is 14.6. The molecule has 1 aromatic rings. The van der Waals surface area contributed by atoms with Gasteiger partial charge in [0, 0.05) is 19.2 Å². The molecule has 19 heavy (non-hydrogen) atoms. The Hall–Kier alpha value is -1.43. The maximum Gasteiger partial charge on any atom is 0.284 e. The second-order valence-corrected chi connectivity index (χ2v) is 5.24. The van der Waals surface area contributed by atoms with Crippen LogP contribution in [0.2, 0.25) is 0 Å². The summed E-state index contributed by atoms with van der Waals surface area (Å²) in [7, 11) is 1.72. The molecule has 6 heteroatoms. The van der Waals surface area contributed by atoms with E-state index in [9.17, 15) is 14.9 Å². The average molecular weight is 329 g/mol. The standard InChI is InChI=1S/C13H17BrN2O3/c1-4-6-9(2)15(3)13(17)10-7-5-8-11(12(10)14)16(18)19/h5,7-9H,4,6H2,1-3H3. The van der Waals surface area contributed by atoms with Gasteiger partial charge in [0.1, 0.15) is 4.47 Å². The van der Waals surface area contributed by atoms with Crippen molar-refractivity contribution in [1.82, 2.24) is 4.90 Å². The van der Waals surface area contributed by atoms with Crippen molar-refractivity contribution >= 4 is 27.5 Å². The summed E-state index contributed by atoms with van der Waals surface area (Å²) in [5.41, 5.74) is 0.224. The number of halogens is 1. The smallest absolute Gasteiger partial charge is 0.284 e. The summed E-state index contributed by atoms with van der Waals surface area (Å²) >= 11 is 3.15. The van der Waals surface area contributed by atoms with Crippen molar-refractivity contribution in [1.29, 1.82) is 0 Å². The van der Waals surface area contributed by atoms with E-state index in [1.54, 1.807) is 18.0 Å². The second kappa shape index (κ2) is 6.65. The van der Waals surface area contributed by atoms with E-state index in [0.717, 1.165) is 12.8 Å². The fourth-order valence-electron chi connectivity index (χ4n) is 1.83. The maximum atomic E-state index is 12.3. The molecule has 0 spiro atoms. The summed E-state index contributed by atoms with van der Waals surface area (Å²) in [5, 5.41) is 10.9. The van der Waals surface area contributed by atoms with Gasteiger partial charge in [0.25, 0.3) is 11.6 Å². The highest BCUT2D eigenvalue weighted by Gasteiger charge is 2.23. The second-order valence-electron chi connectivity index (χ2n) is 4.45. The van der Waals surface area contributed by atoms with Gasteiger partial charge in [0.05, 0.1) is 10.5 Å². The Labute approximate surface area is 120 Å². The molecule has 0 heterocycles. The molecule has 0 aliphatic rings. The molecule has 1 atom stereocenters. The van der Waals surface area contributed by atoms with Crippen molar-refractivity contribution in [2.45, 2.75) is 32.7 Å². The number of nitro groups is 1. The Balaban J connectivity index is 3.06. The molecule has 1 amide bonds. The zero-order valence-corrected chi connectivity index (χ0v) is 12.8. The van der Waals surface area contributed by atoms with Gasteiger partial charge in [0.2, 0.25) is 0 Å². The first-order valence-electron chi connectivity index (χ1n) is 6.10. The lowest BCUT2D eigenvalue weighted by Crippen LogP contribution is -2.35. The van der Waals surface area contributed by atoms with E-state index >= 15 is 0 Å². The van der Waals surface area contributed by atoms with E-state index in [4.69, 9.17) is 0 Å².